The van der Waals surface area contributed by atoms with Crippen LogP contribution in [0.4, 0.5) is 0 Å². The summed E-state index contributed by atoms with van der Waals surface area (Å²) in [5, 5.41) is 0. The van der Waals surface area contributed by atoms with Crippen molar-refractivity contribution in [2.75, 3.05) is 13.7 Å². The molecule has 0 fully saturated rings. The molecule has 0 aliphatic rings. The summed E-state index contributed by atoms with van der Waals surface area (Å²) in [6.07, 6.45) is 2.19. The van der Waals surface area contributed by atoms with Crippen LogP contribution in [-0.2, 0) is 4.74 Å². The molecule has 4 nitrogen and oxygen atoms in total. The first-order chi connectivity index (χ1) is 7.27. The van der Waals surface area contributed by atoms with Gasteiger partial charge in [-0.25, -0.2) is 9.78 Å². The molecule has 0 amide bonds. The van der Waals surface area contributed by atoms with Crippen molar-refractivity contribution in [3.8, 4) is 11.8 Å². The maximum absolute atomic E-state index is 11.0. The first kappa shape index (κ1) is 11.2. The standard InChI is InChI=1S/C11H12N2O2/c1-15-11(14)10-6-5-9(8-13-10)4-2-3-7-12/h5-6,8H,3,7,12H2,1H3. The van der Waals surface area contributed by atoms with Gasteiger partial charge >= 0.3 is 5.97 Å². The molecule has 0 unspecified atom stereocenters. The molecule has 0 saturated heterocycles. The van der Waals surface area contributed by atoms with Gasteiger partial charge in [-0.05, 0) is 12.1 Å². The Hall–Kier alpha value is -1.86. The van der Waals surface area contributed by atoms with Crippen molar-refractivity contribution in [2.45, 2.75) is 6.42 Å². The number of aromatic nitrogens is 1. The molecule has 0 atom stereocenters. The predicted octanol–water partition coefficient (Wildman–Crippen LogP) is 0.569. The Labute approximate surface area is 88.5 Å². The van der Waals surface area contributed by atoms with Crippen molar-refractivity contribution in [1.82, 2.24) is 4.98 Å². The molecular formula is C11H12N2O2. The Kier molecular flexibility index (Phi) is 4.32. The number of nitrogens with zero attached hydrogens (tertiary/aromatic N) is 1. The van der Waals surface area contributed by atoms with E-state index >= 15 is 0 Å². The number of ether oxygens (including phenoxy) is 1. The lowest BCUT2D eigenvalue weighted by Crippen LogP contribution is -2.03. The van der Waals surface area contributed by atoms with Crippen LogP contribution >= 0.6 is 0 Å². The van der Waals surface area contributed by atoms with E-state index in [1.807, 2.05) is 0 Å². The van der Waals surface area contributed by atoms with Crippen molar-refractivity contribution in [2.24, 2.45) is 5.73 Å². The van der Waals surface area contributed by atoms with E-state index < -0.39 is 5.97 Å². The number of rotatable bonds is 2. The van der Waals surface area contributed by atoms with Gasteiger partial charge in [-0.3, -0.25) is 0 Å². The highest BCUT2D eigenvalue weighted by molar-refractivity contribution is 5.87. The number of hydrogen-bond acceptors (Lipinski definition) is 4. The molecule has 0 aromatic carbocycles. The lowest BCUT2D eigenvalue weighted by Gasteiger charge is -1.96. The molecular weight excluding hydrogens is 192 g/mol. The fraction of sp³-hybridized carbons (Fsp3) is 0.273. The van der Waals surface area contributed by atoms with E-state index in [-0.39, 0.29) is 5.69 Å². The van der Waals surface area contributed by atoms with Gasteiger partial charge in [0.2, 0.25) is 0 Å². The fourth-order valence-corrected chi connectivity index (χ4v) is 0.930. The Morgan fingerprint density at radius 1 is 1.60 bits per heavy atom. The second-order valence-corrected chi connectivity index (χ2v) is 2.76. The number of hydrogen-bond donors (Lipinski definition) is 1. The van der Waals surface area contributed by atoms with Gasteiger partial charge in [-0.15, -0.1) is 0 Å². The minimum Gasteiger partial charge on any atom is -0.464 e. The second-order valence-electron chi connectivity index (χ2n) is 2.76. The second kappa shape index (κ2) is 5.78. The molecule has 0 spiro atoms. The van der Waals surface area contributed by atoms with Crippen molar-refractivity contribution >= 4 is 5.97 Å². The van der Waals surface area contributed by atoms with Crippen molar-refractivity contribution in [3.63, 3.8) is 0 Å². The third-order valence-corrected chi connectivity index (χ3v) is 1.66. The van der Waals surface area contributed by atoms with E-state index in [0.717, 1.165) is 5.56 Å². The van der Waals surface area contributed by atoms with Crippen LogP contribution in [0, 0.1) is 11.8 Å². The number of esters is 1. The fourth-order valence-electron chi connectivity index (χ4n) is 0.930. The summed E-state index contributed by atoms with van der Waals surface area (Å²) in [6, 6.07) is 3.31. The zero-order valence-electron chi connectivity index (χ0n) is 8.49. The number of carbonyl (C=O) groups is 1. The van der Waals surface area contributed by atoms with Gasteiger partial charge in [0.1, 0.15) is 5.69 Å². The largest absolute Gasteiger partial charge is 0.464 e. The van der Waals surface area contributed by atoms with Crippen molar-refractivity contribution in [1.29, 1.82) is 0 Å². The van der Waals surface area contributed by atoms with Crippen LogP contribution in [-0.4, -0.2) is 24.6 Å². The Morgan fingerprint density at radius 3 is 2.93 bits per heavy atom. The molecule has 15 heavy (non-hydrogen) atoms. The van der Waals surface area contributed by atoms with E-state index in [0.29, 0.717) is 13.0 Å². The van der Waals surface area contributed by atoms with Gasteiger partial charge in [0.15, 0.2) is 0 Å². The van der Waals surface area contributed by atoms with Crippen LogP contribution < -0.4 is 5.73 Å². The van der Waals surface area contributed by atoms with E-state index in [1.165, 1.54) is 13.3 Å². The molecule has 1 aromatic rings. The van der Waals surface area contributed by atoms with Crippen molar-refractivity contribution in [3.05, 3.63) is 29.6 Å². The number of carbonyl (C=O) groups excluding carboxylic acids is 1. The van der Waals surface area contributed by atoms with E-state index in [2.05, 4.69) is 21.6 Å². The highest BCUT2D eigenvalue weighted by Gasteiger charge is 2.04. The summed E-state index contributed by atoms with van der Waals surface area (Å²) in [6.45, 7) is 0.542. The molecule has 78 valence electrons. The predicted molar refractivity (Wildman–Crippen MR) is 56.1 cm³/mol. The van der Waals surface area contributed by atoms with Gasteiger partial charge in [0, 0.05) is 24.7 Å². The summed E-state index contributed by atoms with van der Waals surface area (Å²) in [7, 11) is 1.32. The normalized spacial score (nSPS) is 8.93. The lowest BCUT2D eigenvalue weighted by molar-refractivity contribution is 0.0594. The molecule has 0 saturated carbocycles. The minimum atomic E-state index is -0.448. The quantitative estimate of drug-likeness (QED) is 0.565. The van der Waals surface area contributed by atoms with Crippen LogP contribution in [0.15, 0.2) is 18.3 Å². The van der Waals surface area contributed by atoms with Crippen LogP contribution in [0.25, 0.3) is 0 Å². The summed E-state index contributed by atoms with van der Waals surface area (Å²) in [5.41, 5.74) is 6.34. The van der Waals surface area contributed by atoms with Gasteiger partial charge in [-0.2, -0.15) is 0 Å². The SMILES string of the molecule is COC(=O)c1ccc(C#CCCN)cn1. The maximum Gasteiger partial charge on any atom is 0.356 e. The number of pyridine rings is 1. The first-order valence-electron chi connectivity index (χ1n) is 4.51. The Bertz CT molecular complexity index is 387. The van der Waals surface area contributed by atoms with E-state index in [1.54, 1.807) is 12.1 Å². The Balaban J connectivity index is 2.73. The van der Waals surface area contributed by atoms with Gasteiger partial charge < -0.3 is 10.5 Å². The zero-order chi connectivity index (χ0) is 11.1. The summed E-state index contributed by atoms with van der Waals surface area (Å²) < 4.78 is 4.52. The molecule has 0 aliphatic heterocycles. The minimum absolute atomic E-state index is 0.280. The van der Waals surface area contributed by atoms with Crippen LogP contribution in [0.2, 0.25) is 0 Å². The Morgan fingerprint density at radius 2 is 2.40 bits per heavy atom. The third-order valence-electron chi connectivity index (χ3n) is 1.66. The van der Waals surface area contributed by atoms with Crippen LogP contribution in [0.3, 0.4) is 0 Å². The average molecular weight is 204 g/mol. The topological polar surface area (TPSA) is 65.2 Å². The van der Waals surface area contributed by atoms with E-state index in [4.69, 9.17) is 5.73 Å². The highest BCUT2D eigenvalue weighted by Crippen LogP contribution is 2.00. The van der Waals surface area contributed by atoms with E-state index in [9.17, 15) is 4.79 Å². The molecule has 1 rings (SSSR count). The summed E-state index contributed by atoms with van der Waals surface area (Å²) in [5.74, 6) is 5.32. The first-order valence-corrected chi connectivity index (χ1v) is 4.51. The van der Waals surface area contributed by atoms with Gasteiger partial charge in [-0.1, -0.05) is 11.8 Å². The van der Waals surface area contributed by atoms with Crippen molar-refractivity contribution < 1.29 is 9.53 Å². The zero-order valence-corrected chi connectivity index (χ0v) is 8.49. The monoisotopic (exact) mass is 204 g/mol. The molecule has 1 heterocycles. The summed E-state index contributed by atoms with van der Waals surface area (Å²) in [4.78, 5) is 15.0. The molecule has 4 heteroatoms. The number of nitrogens with two attached hydrogens (primary N) is 1. The van der Waals surface area contributed by atoms with Gasteiger partial charge in [0.05, 0.1) is 7.11 Å². The third kappa shape index (κ3) is 3.41. The average Bonchev–Trinajstić information content (AvgIpc) is 2.29. The molecule has 2 N–H and O–H groups in total. The molecule has 1 aromatic heterocycles. The molecule has 0 radical (unpaired) electrons. The van der Waals surface area contributed by atoms with Gasteiger partial charge in [0.25, 0.3) is 0 Å². The highest BCUT2D eigenvalue weighted by atomic mass is 16.5. The lowest BCUT2D eigenvalue weighted by atomic mass is 10.2. The maximum atomic E-state index is 11.0. The summed E-state index contributed by atoms with van der Waals surface area (Å²) >= 11 is 0. The van der Waals surface area contributed by atoms with Crippen LogP contribution in [0.5, 0.6) is 0 Å². The smallest absolute Gasteiger partial charge is 0.356 e. The molecule has 0 bridgehead atoms. The number of methoxy groups -OCH3 is 1. The molecule has 0 aliphatic carbocycles. The van der Waals surface area contributed by atoms with Crippen LogP contribution in [0.1, 0.15) is 22.5 Å².